The molecule has 0 spiro atoms. The lowest BCUT2D eigenvalue weighted by Crippen LogP contribution is -2.47. The molecule has 0 fully saturated rings. The third kappa shape index (κ3) is 2.68. The summed E-state index contributed by atoms with van der Waals surface area (Å²) in [5, 5.41) is 2.99. The standard InChI is InChI=1S/C11H15FN2O/c1-3-11(2,10(13)15)14-9-6-4-8(12)5-7-9/h4-7,14H,3H2,1-2H3,(H2,13,15). The summed E-state index contributed by atoms with van der Waals surface area (Å²) < 4.78 is 12.6. The second-order valence-corrected chi connectivity index (χ2v) is 3.68. The molecule has 15 heavy (non-hydrogen) atoms. The Morgan fingerprint density at radius 1 is 1.47 bits per heavy atom. The lowest BCUT2D eigenvalue weighted by Gasteiger charge is -2.27. The highest BCUT2D eigenvalue weighted by Gasteiger charge is 2.28. The van der Waals surface area contributed by atoms with Crippen LogP contribution in [0.25, 0.3) is 0 Å². The third-order valence-corrected chi connectivity index (χ3v) is 2.52. The normalized spacial score (nSPS) is 14.3. The highest BCUT2D eigenvalue weighted by Crippen LogP contribution is 2.18. The van der Waals surface area contributed by atoms with Crippen molar-refractivity contribution in [3.63, 3.8) is 0 Å². The smallest absolute Gasteiger partial charge is 0.242 e. The molecule has 0 aromatic heterocycles. The van der Waals surface area contributed by atoms with E-state index in [2.05, 4.69) is 5.32 Å². The molecule has 0 saturated carbocycles. The van der Waals surface area contributed by atoms with Crippen molar-refractivity contribution >= 4 is 11.6 Å². The van der Waals surface area contributed by atoms with Crippen LogP contribution in [0, 0.1) is 5.82 Å². The Labute approximate surface area is 88.5 Å². The number of primary amides is 1. The average molecular weight is 210 g/mol. The van der Waals surface area contributed by atoms with Crippen molar-refractivity contribution in [3.8, 4) is 0 Å². The fourth-order valence-corrected chi connectivity index (χ4v) is 1.18. The van der Waals surface area contributed by atoms with Crippen LogP contribution in [0.1, 0.15) is 20.3 Å². The van der Waals surface area contributed by atoms with Crippen LogP contribution in [0.4, 0.5) is 10.1 Å². The predicted octanol–water partition coefficient (Wildman–Crippen LogP) is 1.89. The maximum Gasteiger partial charge on any atom is 0.242 e. The number of carbonyl (C=O) groups is 1. The van der Waals surface area contributed by atoms with Crippen molar-refractivity contribution in [1.82, 2.24) is 0 Å². The van der Waals surface area contributed by atoms with Crippen LogP contribution in [0.3, 0.4) is 0 Å². The van der Waals surface area contributed by atoms with E-state index < -0.39 is 11.4 Å². The van der Waals surface area contributed by atoms with Gasteiger partial charge in [0.05, 0.1) is 0 Å². The Hall–Kier alpha value is -1.58. The van der Waals surface area contributed by atoms with E-state index >= 15 is 0 Å². The minimum Gasteiger partial charge on any atom is -0.371 e. The number of rotatable bonds is 4. The van der Waals surface area contributed by atoms with Crippen LogP contribution in [0.5, 0.6) is 0 Å². The molecule has 1 aromatic rings. The van der Waals surface area contributed by atoms with Crippen LogP contribution in [-0.4, -0.2) is 11.4 Å². The number of anilines is 1. The van der Waals surface area contributed by atoms with Gasteiger partial charge in [0.25, 0.3) is 0 Å². The van der Waals surface area contributed by atoms with E-state index in [1.807, 2.05) is 6.92 Å². The SMILES string of the molecule is CCC(C)(Nc1ccc(F)cc1)C(N)=O. The highest BCUT2D eigenvalue weighted by molar-refractivity contribution is 5.87. The lowest BCUT2D eigenvalue weighted by atomic mass is 9.97. The molecular formula is C11H15FN2O. The molecule has 4 heteroatoms. The van der Waals surface area contributed by atoms with Gasteiger partial charge in [-0.1, -0.05) is 6.92 Å². The quantitative estimate of drug-likeness (QED) is 0.797. The Bertz CT molecular complexity index is 350. The summed E-state index contributed by atoms with van der Waals surface area (Å²) in [6.07, 6.45) is 0.569. The molecule has 1 aromatic carbocycles. The second-order valence-electron chi connectivity index (χ2n) is 3.68. The summed E-state index contributed by atoms with van der Waals surface area (Å²) in [5.74, 6) is -0.729. The zero-order chi connectivity index (χ0) is 11.5. The molecule has 0 heterocycles. The van der Waals surface area contributed by atoms with Gasteiger partial charge >= 0.3 is 0 Å². The molecule has 82 valence electrons. The average Bonchev–Trinajstić information content (AvgIpc) is 2.21. The van der Waals surface area contributed by atoms with Gasteiger partial charge in [-0.3, -0.25) is 4.79 Å². The topological polar surface area (TPSA) is 55.1 Å². The Kier molecular flexibility index (Phi) is 3.29. The van der Waals surface area contributed by atoms with Gasteiger partial charge in [0, 0.05) is 5.69 Å². The molecule has 1 rings (SSSR count). The van der Waals surface area contributed by atoms with Gasteiger partial charge in [-0.05, 0) is 37.6 Å². The molecule has 0 bridgehead atoms. The summed E-state index contributed by atoms with van der Waals surface area (Å²) in [6.45, 7) is 3.58. The molecule has 0 saturated heterocycles. The van der Waals surface area contributed by atoms with E-state index in [0.717, 1.165) is 0 Å². The Morgan fingerprint density at radius 3 is 2.40 bits per heavy atom. The number of benzene rings is 1. The first-order valence-electron chi connectivity index (χ1n) is 4.81. The van der Waals surface area contributed by atoms with E-state index in [1.54, 1.807) is 19.1 Å². The van der Waals surface area contributed by atoms with Crippen molar-refractivity contribution in [1.29, 1.82) is 0 Å². The molecule has 1 atom stereocenters. The van der Waals surface area contributed by atoms with Crippen LogP contribution < -0.4 is 11.1 Å². The number of carbonyl (C=O) groups excluding carboxylic acids is 1. The van der Waals surface area contributed by atoms with Crippen molar-refractivity contribution in [2.45, 2.75) is 25.8 Å². The fraction of sp³-hybridized carbons (Fsp3) is 0.364. The number of halogens is 1. The van der Waals surface area contributed by atoms with Gasteiger partial charge in [0.15, 0.2) is 0 Å². The van der Waals surface area contributed by atoms with Gasteiger partial charge in [0.2, 0.25) is 5.91 Å². The summed E-state index contributed by atoms with van der Waals surface area (Å²) in [5.41, 5.74) is 5.17. The third-order valence-electron chi connectivity index (χ3n) is 2.52. The summed E-state index contributed by atoms with van der Waals surface area (Å²) in [4.78, 5) is 11.2. The van der Waals surface area contributed by atoms with Crippen LogP contribution in [0.2, 0.25) is 0 Å². The predicted molar refractivity (Wildman–Crippen MR) is 57.9 cm³/mol. The molecule has 0 aliphatic rings. The van der Waals surface area contributed by atoms with Crippen molar-refractivity contribution in [2.24, 2.45) is 5.73 Å². The van der Waals surface area contributed by atoms with Crippen LogP contribution in [0.15, 0.2) is 24.3 Å². The van der Waals surface area contributed by atoms with Crippen LogP contribution >= 0.6 is 0 Å². The largest absolute Gasteiger partial charge is 0.371 e. The van der Waals surface area contributed by atoms with E-state index in [4.69, 9.17) is 5.73 Å². The first-order valence-corrected chi connectivity index (χ1v) is 4.81. The lowest BCUT2D eigenvalue weighted by molar-refractivity contribution is -0.121. The number of nitrogens with two attached hydrogens (primary N) is 1. The summed E-state index contributed by atoms with van der Waals surface area (Å²) >= 11 is 0. The number of nitrogens with one attached hydrogen (secondary N) is 1. The van der Waals surface area contributed by atoms with Crippen molar-refractivity contribution < 1.29 is 9.18 Å². The van der Waals surface area contributed by atoms with E-state index in [-0.39, 0.29) is 5.82 Å². The first-order chi connectivity index (χ1) is 6.98. The van der Waals surface area contributed by atoms with Crippen LogP contribution in [-0.2, 0) is 4.79 Å². The number of hydrogen-bond donors (Lipinski definition) is 2. The van der Waals surface area contributed by atoms with Gasteiger partial charge in [-0.25, -0.2) is 4.39 Å². The monoisotopic (exact) mass is 210 g/mol. The minimum absolute atomic E-state index is 0.308. The number of amides is 1. The Morgan fingerprint density at radius 2 is 2.00 bits per heavy atom. The molecule has 0 aliphatic heterocycles. The molecule has 0 aliphatic carbocycles. The van der Waals surface area contributed by atoms with E-state index in [9.17, 15) is 9.18 Å². The second kappa shape index (κ2) is 4.29. The van der Waals surface area contributed by atoms with E-state index in [1.165, 1.54) is 12.1 Å². The Balaban J connectivity index is 2.84. The van der Waals surface area contributed by atoms with Crippen molar-refractivity contribution in [2.75, 3.05) is 5.32 Å². The zero-order valence-corrected chi connectivity index (χ0v) is 8.88. The van der Waals surface area contributed by atoms with Gasteiger partial charge in [0.1, 0.15) is 11.4 Å². The number of hydrogen-bond acceptors (Lipinski definition) is 2. The maximum absolute atomic E-state index is 12.6. The molecule has 3 N–H and O–H groups in total. The van der Waals surface area contributed by atoms with Crippen molar-refractivity contribution in [3.05, 3.63) is 30.1 Å². The van der Waals surface area contributed by atoms with E-state index in [0.29, 0.717) is 12.1 Å². The maximum atomic E-state index is 12.6. The molecule has 1 unspecified atom stereocenters. The highest BCUT2D eigenvalue weighted by atomic mass is 19.1. The van der Waals surface area contributed by atoms with Gasteiger partial charge < -0.3 is 11.1 Å². The molecule has 0 radical (unpaired) electrons. The fourth-order valence-electron chi connectivity index (χ4n) is 1.18. The molecular weight excluding hydrogens is 195 g/mol. The first kappa shape index (κ1) is 11.5. The summed E-state index contributed by atoms with van der Waals surface area (Å²) in [7, 11) is 0. The van der Waals surface area contributed by atoms with Gasteiger partial charge in [-0.15, -0.1) is 0 Å². The van der Waals surface area contributed by atoms with Gasteiger partial charge in [-0.2, -0.15) is 0 Å². The molecule has 3 nitrogen and oxygen atoms in total. The minimum atomic E-state index is -0.794. The summed E-state index contributed by atoms with van der Waals surface area (Å²) in [6, 6.07) is 5.82. The molecule has 1 amide bonds. The zero-order valence-electron chi connectivity index (χ0n) is 8.88.